The molecule has 0 unspecified atom stereocenters. The standard InChI is InChI=1S/C13H21BrN4OSi/c1-13(2,3)20(4,5)19-7-9-6-10-12(15)16-8-17-18(10)11(9)14/h6,8H,7H2,1-5H3,(H2,15,16,17). The van der Waals surface area contributed by atoms with E-state index in [1.165, 1.54) is 6.33 Å². The maximum absolute atomic E-state index is 6.24. The SMILES string of the molecule is CC(C)(C)[Si](C)(C)OCc1cc2c(N)ncnn2c1Br. The van der Waals surface area contributed by atoms with Crippen molar-refractivity contribution >= 4 is 35.6 Å². The van der Waals surface area contributed by atoms with E-state index in [1.54, 1.807) is 4.52 Å². The summed E-state index contributed by atoms with van der Waals surface area (Å²) in [6.45, 7) is 11.7. The van der Waals surface area contributed by atoms with Crippen molar-refractivity contribution in [1.29, 1.82) is 0 Å². The molecule has 20 heavy (non-hydrogen) atoms. The molecule has 0 spiro atoms. The molecule has 0 radical (unpaired) electrons. The van der Waals surface area contributed by atoms with Crippen LogP contribution in [0.1, 0.15) is 26.3 Å². The van der Waals surface area contributed by atoms with Gasteiger partial charge in [0.2, 0.25) is 0 Å². The molecule has 2 N–H and O–H groups in total. The van der Waals surface area contributed by atoms with Crippen LogP contribution in [0.5, 0.6) is 0 Å². The summed E-state index contributed by atoms with van der Waals surface area (Å²) >= 11 is 3.56. The third kappa shape index (κ3) is 2.75. The molecule has 110 valence electrons. The Morgan fingerprint density at radius 3 is 2.60 bits per heavy atom. The summed E-state index contributed by atoms with van der Waals surface area (Å²) in [7, 11) is -1.77. The van der Waals surface area contributed by atoms with Crippen molar-refractivity contribution in [2.75, 3.05) is 5.73 Å². The predicted molar refractivity (Wildman–Crippen MR) is 87.1 cm³/mol. The summed E-state index contributed by atoms with van der Waals surface area (Å²) in [5, 5.41) is 4.38. The summed E-state index contributed by atoms with van der Waals surface area (Å²) in [6, 6.07) is 1.98. The molecule has 0 atom stereocenters. The first-order chi connectivity index (χ1) is 9.13. The summed E-state index contributed by atoms with van der Waals surface area (Å²) in [5.74, 6) is 0.472. The van der Waals surface area contributed by atoms with E-state index >= 15 is 0 Å². The Hall–Kier alpha value is -0.923. The van der Waals surface area contributed by atoms with Crippen LogP contribution in [0.4, 0.5) is 5.82 Å². The molecule has 0 aromatic carbocycles. The van der Waals surface area contributed by atoms with E-state index < -0.39 is 8.32 Å². The number of nitrogen functional groups attached to an aromatic ring is 1. The average Bonchev–Trinajstić information content (AvgIpc) is 2.65. The summed E-state index contributed by atoms with van der Waals surface area (Å²) < 4.78 is 8.85. The zero-order valence-corrected chi connectivity index (χ0v) is 15.2. The number of halogens is 1. The molecular weight excluding hydrogens is 336 g/mol. The highest BCUT2D eigenvalue weighted by molar-refractivity contribution is 9.10. The quantitative estimate of drug-likeness (QED) is 0.853. The van der Waals surface area contributed by atoms with Gasteiger partial charge in [-0.25, -0.2) is 9.50 Å². The van der Waals surface area contributed by atoms with Gasteiger partial charge in [0.25, 0.3) is 0 Å². The molecule has 0 fully saturated rings. The van der Waals surface area contributed by atoms with E-state index in [-0.39, 0.29) is 5.04 Å². The topological polar surface area (TPSA) is 65.4 Å². The fourth-order valence-electron chi connectivity index (χ4n) is 1.60. The van der Waals surface area contributed by atoms with Crippen LogP contribution in [0, 0.1) is 0 Å². The zero-order valence-electron chi connectivity index (χ0n) is 12.6. The highest BCUT2D eigenvalue weighted by Crippen LogP contribution is 2.37. The van der Waals surface area contributed by atoms with Crippen molar-refractivity contribution < 1.29 is 4.43 Å². The van der Waals surface area contributed by atoms with Crippen LogP contribution >= 0.6 is 15.9 Å². The zero-order chi connectivity index (χ0) is 15.1. The Balaban J connectivity index is 2.28. The fraction of sp³-hybridized carbons (Fsp3) is 0.538. The van der Waals surface area contributed by atoms with Gasteiger partial charge in [-0.15, -0.1) is 0 Å². The van der Waals surface area contributed by atoms with Gasteiger partial charge in [-0.05, 0) is 40.1 Å². The average molecular weight is 357 g/mol. The lowest BCUT2D eigenvalue weighted by atomic mass is 10.2. The maximum atomic E-state index is 6.24. The lowest BCUT2D eigenvalue weighted by molar-refractivity contribution is 0.275. The molecule has 2 aromatic rings. The Kier molecular flexibility index (Phi) is 3.96. The van der Waals surface area contributed by atoms with Gasteiger partial charge in [0.05, 0.1) is 6.61 Å². The molecule has 0 saturated heterocycles. The number of nitrogens with two attached hydrogens (primary N) is 1. The van der Waals surface area contributed by atoms with Gasteiger partial charge >= 0.3 is 0 Å². The maximum Gasteiger partial charge on any atom is 0.192 e. The first-order valence-electron chi connectivity index (χ1n) is 6.54. The number of hydrogen-bond acceptors (Lipinski definition) is 4. The number of fused-ring (bicyclic) bond motifs is 1. The van der Waals surface area contributed by atoms with Crippen LogP contribution in [0.3, 0.4) is 0 Å². The number of rotatable bonds is 3. The van der Waals surface area contributed by atoms with E-state index in [0.29, 0.717) is 12.4 Å². The second-order valence-corrected chi connectivity index (χ2v) is 12.0. The molecule has 0 amide bonds. The second kappa shape index (κ2) is 5.12. The van der Waals surface area contributed by atoms with Crippen LogP contribution in [-0.4, -0.2) is 22.9 Å². The van der Waals surface area contributed by atoms with Crippen molar-refractivity contribution in [3.8, 4) is 0 Å². The lowest BCUT2D eigenvalue weighted by Crippen LogP contribution is -2.40. The summed E-state index contributed by atoms with van der Waals surface area (Å²) in [6.07, 6.45) is 1.45. The third-order valence-corrected chi connectivity index (χ3v) is 9.33. The summed E-state index contributed by atoms with van der Waals surface area (Å²) in [5.41, 5.74) is 7.71. The van der Waals surface area contributed by atoms with Crippen LogP contribution in [0.2, 0.25) is 18.1 Å². The van der Waals surface area contributed by atoms with Crippen LogP contribution in [-0.2, 0) is 11.0 Å². The van der Waals surface area contributed by atoms with E-state index in [1.807, 2.05) is 6.07 Å². The van der Waals surface area contributed by atoms with Gasteiger partial charge in [0, 0.05) is 5.56 Å². The lowest BCUT2D eigenvalue weighted by Gasteiger charge is -2.36. The van der Waals surface area contributed by atoms with Crippen molar-refractivity contribution in [2.24, 2.45) is 0 Å². The molecule has 2 rings (SSSR count). The number of hydrogen-bond donors (Lipinski definition) is 1. The van der Waals surface area contributed by atoms with Crippen molar-refractivity contribution in [3.63, 3.8) is 0 Å². The normalized spacial score (nSPS) is 13.1. The monoisotopic (exact) mass is 356 g/mol. The minimum atomic E-state index is -1.77. The van der Waals surface area contributed by atoms with Crippen molar-refractivity contribution in [2.45, 2.75) is 45.5 Å². The number of nitrogens with zero attached hydrogens (tertiary/aromatic N) is 3. The highest BCUT2D eigenvalue weighted by atomic mass is 79.9. The smallest absolute Gasteiger partial charge is 0.192 e. The van der Waals surface area contributed by atoms with E-state index in [9.17, 15) is 0 Å². The molecule has 0 bridgehead atoms. The summed E-state index contributed by atoms with van der Waals surface area (Å²) in [4.78, 5) is 4.00. The fourth-order valence-corrected chi connectivity index (χ4v) is 3.07. The molecule has 5 nitrogen and oxygen atoms in total. The third-order valence-electron chi connectivity index (χ3n) is 4.01. The first-order valence-corrected chi connectivity index (χ1v) is 10.2. The second-order valence-electron chi connectivity index (χ2n) is 6.45. The van der Waals surface area contributed by atoms with E-state index in [4.69, 9.17) is 10.2 Å². The van der Waals surface area contributed by atoms with Crippen LogP contribution in [0.15, 0.2) is 17.0 Å². The van der Waals surface area contributed by atoms with Crippen molar-refractivity contribution in [1.82, 2.24) is 14.6 Å². The Bertz CT molecular complexity index is 633. The Labute approximate surface area is 128 Å². The molecule has 7 heteroatoms. The van der Waals surface area contributed by atoms with Gasteiger partial charge in [-0.2, -0.15) is 5.10 Å². The molecular formula is C13H21BrN4OSi. The molecule has 2 aromatic heterocycles. The first kappa shape index (κ1) is 15.5. The van der Waals surface area contributed by atoms with Gasteiger partial charge < -0.3 is 10.2 Å². The molecule has 0 aliphatic carbocycles. The molecule has 0 saturated carbocycles. The van der Waals surface area contributed by atoms with Gasteiger partial charge in [-0.3, -0.25) is 0 Å². The van der Waals surface area contributed by atoms with E-state index in [0.717, 1.165) is 15.7 Å². The van der Waals surface area contributed by atoms with Crippen LogP contribution in [0.25, 0.3) is 5.52 Å². The number of anilines is 1. The predicted octanol–water partition coefficient (Wildman–Crippen LogP) is 3.60. The van der Waals surface area contributed by atoms with E-state index in [2.05, 4.69) is 59.9 Å². The Morgan fingerprint density at radius 2 is 2.05 bits per heavy atom. The minimum Gasteiger partial charge on any atom is -0.412 e. The Morgan fingerprint density at radius 1 is 1.40 bits per heavy atom. The highest BCUT2D eigenvalue weighted by Gasteiger charge is 2.37. The van der Waals surface area contributed by atoms with Gasteiger partial charge in [0.1, 0.15) is 16.4 Å². The van der Waals surface area contributed by atoms with Gasteiger partial charge in [0.15, 0.2) is 14.1 Å². The van der Waals surface area contributed by atoms with Gasteiger partial charge in [-0.1, -0.05) is 20.8 Å². The number of aromatic nitrogens is 3. The molecule has 2 heterocycles. The molecule has 0 aliphatic heterocycles. The van der Waals surface area contributed by atoms with Crippen LogP contribution < -0.4 is 5.73 Å². The van der Waals surface area contributed by atoms with Crippen molar-refractivity contribution in [3.05, 3.63) is 22.6 Å². The molecule has 0 aliphatic rings. The largest absolute Gasteiger partial charge is 0.412 e. The minimum absolute atomic E-state index is 0.192.